The molecule has 8 rings (SSSR count). The maximum absolute atomic E-state index is 5.14. The summed E-state index contributed by atoms with van der Waals surface area (Å²) in [6, 6.07) is 57.1. The van der Waals surface area contributed by atoms with E-state index >= 15 is 0 Å². The second kappa shape index (κ2) is 16.0. The third-order valence-electron chi connectivity index (χ3n) is 9.99. The predicted octanol–water partition coefficient (Wildman–Crippen LogP) is 11.7. The van der Waals surface area contributed by atoms with Gasteiger partial charge in [0.05, 0.1) is 0 Å². The number of aromatic nitrogens is 3. The lowest BCUT2D eigenvalue weighted by Crippen LogP contribution is -2.00. The van der Waals surface area contributed by atoms with E-state index in [-0.39, 0.29) is 0 Å². The second-order valence-corrected chi connectivity index (χ2v) is 13.6. The summed E-state index contributed by atoms with van der Waals surface area (Å²) in [4.78, 5) is 15.3. The van der Waals surface area contributed by atoms with Crippen molar-refractivity contribution in [2.75, 3.05) is 49.5 Å². The molecule has 0 aliphatic heterocycles. The topological polar surface area (TPSA) is 86.8 Å². The molecule has 1 heterocycles. The summed E-state index contributed by atoms with van der Waals surface area (Å²) >= 11 is 0. The van der Waals surface area contributed by atoms with Crippen LogP contribution in [0.5, 0.6) is 0 Å². The smallest absolute Gasteiger partial charge is 0.164 e. The van der Waals surface area contributed by atoms with Crippen molar-refractivity contribution in [1.82, 2.24) is 15.0 Å². The van der Waals surface area contributed by atoms with Gasteiger partial charge in [0.1, 0.15) is 0 Å². The molecular weight excluding hydrogens is 687 g/mol. The lowest BCUT2D eigenvalue weighted by molar-refractivity contribution is 1.07. The van der Waals surface area contributed by atoms with Crippen molar-refractivity contribution in [3.05, 3.63) is 164 Å². The number of nitrogens with one attached hydrogen (secondary N) is 4. The standard InChI is InChI=1S/C49H43N7/c1-50-43-20-10-16-35(26-43)41-24-39(28-45(30-41)52-3)33-14-8-18-37(22-33)48-54-47(32-12-6-5-7-13-32)55-49(56-48)38-19-9-15-34(23-38)40-25-42(31-46(29-40)53-4)36-17-11-21-44(27-36)51-2/h5-31,50-53H,1-4H3. The Morgan fingerprint density at radius 3 is 0.929 bits per heavy atom. The minimum Gasteiger partial charge on any atom is -0.388 e. The van der Waals surface area contributed by atoms with Crippen LogP contribution in [0, 0.1) is 0 Å². The van der Waals surface area contributed by atoms with Gasteiger partial charge in [-0.1, -0.05) is 91.0 Å². The van der Waals surface area contributed by atoms with Crippen LogP contribution in [0.2, 0.25) is 0 Å². The zero-order valence-electron chi connectivity index (χ0n) is 31.9. The van der Waals surface area contributed by atoms with Gasteiger partial charge in [0.25, 0.3) is 0 Å². The molecule has 0 amide bonds. The van der Waals surface area contributed by atoms with Crippen LogP contribution in [0.1, 0.15) is 0 Å². The van der Waals surface area contributed by atoms with E-state index in [2.05, 4.69) is 155 Å². The Labute approximate surface area is 328 Å². The number of anilines is 4. The van der Waals surface area contributed by atoms with E-state index in [0.29, 0.717) is 17.5 Å². The molecule has 7 heteroatoms. The summed E-state index contributed by atoms with van der Waals surface area (Å²) < 4.78 is 0. The summed E-state index contributed by atoms with van der Waals surface area (Å²) in [6.45, 7) is 0. The van der Waals surface area contributed by atoms with Gasteiger partial charge in [-0.25, -0.2) is 15.0 Å². The fourth-order valence-electron chi connectivity index (χ4n) is 6.95. The number of hydrogen-bond donors (Lipinski definition) is 4. The molecule has 0 spiro atoms. The van der Waals surface area contributed by atoms with E-state index in [0.717, 1.165) is 83.9 Å². The van der Waals surface area contributed by atoms with Gasteiger partial charge in [-0.2, -0.15) is 0 Å². The lowest BCUT2D eigenvalue weighted by atomic mass is 9.96. The van der Waals surface area contributed by atoms with Gasteiger partial charge in [0, 0.05) is 67.6 Å². The van der Waals surface area contributed by atoms with E-state index in [1.165, 1.54) is 0 Å². The molecule has 7 nitrogen and oxygen atoms in total. The van der Waals surface area contributed by atoms with Gasteiger partial charge >= 0.3 is 0 Å². The SMILES string of the molecule is CNc1cccc(-c2cc(NC)cc(-c3cccc(-c4nc(-c5ccccc5)nc(-c5cccc(-c6cc(NC)cc(-c7cccc(NC)c7)c6)c5)n4)c3)c2)c1. The van der Waals surface area contributed by atoms with Crippen LogP contribution in [-0.4, -0.2) is 43.1 Å². The molecule has 274 valence electrons. The molecule has 7 aromatic carbocycles. The Hall–Kier alpha value is -7.25. The normalized spacial score (nSPS) is 10.9. The average Bonchev–Trinajstić information content (AvgIpc) is 3.28. The molecule has 0 saturated heterocycles. The molecule has 0 radical (unpaired) electrons. The van der Waals surface area contributed by atoms with Gasteiger partial charge in [0.15, 0.2) is 17.5 Å². The molecule has 1 aromatic heterocycles. The zero-order chi connectivity index (χ0) is 38.4. The number of hydrogen-bond acceptors (Lipinski definition) is 7. The van der Waals surface area contributed by atoms with Crippen molar-refractivity contribution >= 4 is 22.7 Å². The summed E-state index contributed by atoms with van der Waals surface area (Å²) in [6.07, 6.45) is 0. The van der Waals surface area contributed by atoms with Crippen LogP contribution in [0.25, 0.3) is 78.7 Å². The van der Waals surface area contributed by atoms with Crippen LogP contribution in [-0.2, 0) is 0 Å². The minimum absolute atomic E-state index is 0.608. The van der Waals surface area contributed by atoms with E-state index in [9.17, 15) is 0 Å². The zero-order valence-corrected chi connectivity index (χ0v) is 31.9. The number of rotatable bonds is 11. The Balaban J connectivity index is 1.21. The second-order valence-electron chi connectivity index (χ2n) is 13.6. The van der Waals surface area contributed by atoms with Crippen LogP contribution < -0.4 is 21.3 Å². The number of benzene rings is 7. The maximum Gasteiger partial charge on any atom is 0.164 e. The van der Waals surface area contributed by atoms with Gasteiger partial charge < -0.3 is 21.3 Å². The van der Waals surface area contributed by atoms with Crippen LogP contribution in [0.4, 0.5) is 22.7 Å². The van der Waals surface area contributed by atoms with Gasteiger partial charge in [-0.3, -0.25) is 0 Å². The first-order valence-electron chi connectivity index (χ1n) is 18.8. The molecule has 0 bridgehead atoms. The first kappa shape index (κ1) is 35.8. The Morgan fingerprint density at radius 2 is 0.536 bits per heavy atom. The molecule has 0 unspecified atom stereocenters. The molecular formula is C49H43N7. The Kier molecular flexibility index (Phi) is 10.2. The third kappa shape index (κ3) is 7.70. The van der Waals surface area contributed by atoms with Crippen LogP contribution >= 0.6 is 0 Å². The van der Waals surface area contributed by atoms with E-state index in [1.54, 1.807) is 0 Å². The average molecular weight is 730 g/mol. The van der Waals surface area contributed by atoms with Crippen LogP contribution in [0.3, 0.4) is 0 Å². The number of nitrogens with zero attached hydrogens (tertiary/aromatic N) is 3. The van der Waals surface area contributed by atoms with E-state index in [1.807, 2.05) is 58.5 Å². The lowest BCUT2D eigenvalue weighted by Gasteiger charge is -2.13. The molecule has 0 saturated carbocycles. The first-order valence-corrected chi connectivity index (χ1v) is 18.8. The molecule has 8 aromatic rings. The fraction of sp³-hybridized carbons (Fsp3) is 0.0816. The van der Waals surface area contributed by atoms with Crippen molar-refractivity contribution < 1.29 is 0 Å². The van der Waals surface area contributed by atoms with E-state index < -0.39 is 0 Å². The third-order valence-corrected chi connectivity index (χ3v) is 9.99. The summed E-state index contributed by atoms with van der Waals surface area (Å²) in [5, 5.41) is 13.2. The molecule has 0 fully saturated rings. The summed E-state index contributed by atoms with van der Waals surface area (Å²) in [7, 11) is 7.79. The maximum atomic E-state index is 5.14. The van der Waals surface area contributed by atoms with Crippen molar-refractivity contribution in [1.29, 1.82) is 0 Å². The van der Waals surface area contributed by atoms with Crippen molar-refractivity contribution in [2.45, 2.75) is 0 Å². The Bertz CT molecular complexity index is 2490. The highest BCUT2D eigenvalue weighted by atomic mass is 15.0. The van der Waals surface area contributed by atoms with Crippen molar-refractivity contribution in [3.8, 4) is 78.7 Å². The fourth-order valence-corrected chi connectivity index (χ4v) is 6.95. The molecule has 0 aliphatic carbocycles. The Morgan fingerprint density at radius 1 is 0.250 bits per heavy atom. The summed E-state index contributed by atoms with van der Waals surface area (Å²) in [5.41, 5.74) is 15.8. The molecule has 0 aliphatic rings. The predicted molar refractivity (Wildman–Crippen MR) is 236 cm³/mol. The first-order chi connectivity index (χ1) is 27.5. The van der Waals surface area contributed by atoms with Gasteiger partial charge in [0.2, 0.25) is 0 Å². The monoisotopic (exact) mass is 729 g/mol. The quantitative estimate of drug-likeness (QED) is 0.105. The van der Waals surface area contributed by atoms with Crippen molar-refractivity contribution in [2.24, 2.45) is 0 Å². The molecule has 56 heavy (non-hydrogen) atoms. The molecule has 0 atom stereocenters. The summed E-state index contributed by atoms with van der Waals surface area (Å²) in [5.74, 6) is 1.84. The highest BCUT2D eigenvalue weighted by Crippen LogP contribution is 2.36. The highest BCUT2D eigenvalue weighted by molar-refractivity contribution is 5.83. The molecule has 4 N–H and O–H groups in total. The largest absolute Gasteiger partial charge is 0.388 e. The van der Waals surface area contributed by atoms with Crippen molar-refractivity contribution in [3.63, 3.8) is 0 Å². The van der Waals surface area contributed by atoms with Gasteiger partial charge in [-0.15, -0.1) is 0 Å². The van der Waals surface area contributed by atoms with Gasteiger partial charge in [-0.05, 0) is 117 Å². The van der Waals surface area contributed by atoms with Crippen LogP contribution in [0.15, 0.2) is 164 Å². The van der Waals surface area contributed by atoms with E-state index in [4.69, 9.17) is 15.0 Å². The highest BCUT2D eigenvalue weighted by Gasteiger charge is 2.15. The minimum atomic E-state index is 0.608.